The van der Waals surface area contributed by atoms with E-state index in [1.54, 1.807) is 0 Å². The number of nitrogens with two attached hydrogens (primary N) is 1. The molecule has 2 aromatic heterocycles. The summed E-state index contributed by atoms with van der Waals surface area (Å²) >= 11 is 0. The number of hydrogen-bond donors (Lipinski definition) is 1. The molecule has 0 spiro atoms. The lowest BCUT2D eigenvalue weighted by molar-refractivity contribution is 0.168. The lowest BCUT2D eigenvalue weighted by Gasteiger charge is -2.33. The van der Waals surface area contributed by atoms with Gasteiger partial charge in [-0.25, -0.2) is 9.97 Å². The molecule has 2 aromatic rings. The van der Waals surface area contributed by atoms with Gasteiger partial charge in [-0.2, -0.15) is 0 Å². The fraction of sp³-hybridized carbons (Fsp3) is 0.625. The molecule has 3 rings (SSSR count). The summed E-state index contributed by atoms with van der Waals surface area (Å²) in [4.78, 5) is 11.5. The van der Waals surface area contributed by atoms with E-state index >= 15 is 0 Å². The van der Waals surface area contributed by atoms with E-state index < -0.39 is 0 Å². The van der Waals surface area contributed by atoms with Gasteiger partial charge >= 0.3 is 0 Å². The van der Waals surface area contributed by atoms with Gasteiger partial charge in [0.2, 0.25) is 0 Å². The normalized spacial score (nSPS) is 20.3. The van der Waals surface area contributed by atoms with Gasteiger partial charge in [-0.3, -0.25) is 0 Å². The van der Waals surface area contributed by atoms with Gasteiger partial charge in [0.25, 0.3) is 0 Å². The van der Waals surface area contributed by atoms with E-state index in [1.165, 1.54) is 37.1 Å². The summed E-state index contributed by atoms with van der Waals surface area (Å²) in [7, 11) is 2.23. The van der Waals surface area contributed by atoms with Crippen LogP contribution >= 0.6 is 0 Å². The Morgan fingerprint density at radius 2 is 1.95 bits per heavy atom. The molecule has 1 saturated heterocycles. The largest absolute Gasteiger partial charge is 0.383 e. The summed E-state index contributed by atoms with van der Waals surface area (Å²) in [6, 6.07) is 0.587. The molecule has 1 aliphatic heterocycles. The van der Waals surface area contributed by atoms with E-state index in [9.17, 15) is 0 Å². The van der Waals surface area contributed by atoms with Crippen molar-refractivity contribution in [2.45, 2.75) is 52.6 Å². The molecule has 1 unspecified atom stereocenters. The van der Waals surface area contributed by atoms with Crippen LogP contribution in [0.25, 0.3) is 11.0 Å². The molecule has 5 heteroatoms. The second kappa shape index (κ2) is 5.30. The number of nitrogen functional groups attached to an aromatic ring is 1. The maximum Gasteiger partial charge on any atom is 0.146 e. The lowest BCUT2D eigenvalue weighted by Crippen LogP contribution is -2.39. The quantitative estimate of drug-likeness (QED) is 0.921. The maximum absolute atomic E-state index is 6.13. The minimum Gasteiger partial charge on any atom is -0.383 e. The Balaban J connectivity index is 2.07. The lowest BCUT2D eigenvalue weighted by atomic mass is 10.0. The molecule has 1 atom stereocenters. The van der Waals surface area contributed by atoms with Gasteiger partial charge in [0.1, 0.15) is 17.3 Å². The highest BCUT2D eigenvalue weighted by molar-refractivity contribution is 5.91. The van der Waals surface area contributed by atoms with Gasteiger partial charge in [0, 0.05) is 18.3 Å². The third kappa shape index (κ3) is 2.39. The number of nitrogens with zero attached hydrogens (tertiary/aromatic N) is 4. The topological polar surface area (TPSA) is 60.0 Å². The Labute approximate surface area is 126 Å². The molecular formula is C16H25N5. The average molecular weight is 287 g/mol. The Morgan fingerprint density at radius 1 is 1.19 bits per heavy atom. The van der Waals surface area contributed by atoms with Crippen molar-refractivity contribution in [2.75, 3.05) is 19.3 Å². The van der Waals surface area contributed by atoms with Crippen molar-refractivity contribution in [1.82, 2.24) is 19.4 Å². The number of rotatable bonds is 2. The molecular weight excluding hydrogens is 262 g/mol. The summed E-state index contributed by atoms with van der Waals surface area (Å²) in [6.45, 7) is 8.37. The van der Waals surface area contributed by atoms with Crippen LogP contribution in [0.2, 0.25) is 0 Å². The minimum absolute atomic E-state index is 0.587. The zero-order valence-corrected chi connectivity index (χ0v) is 13.5. The second-order valence-electron chi connectivity index (χ2n) is 6.31. The van der Waals surface area contributed by atoms with Gasteiger partial charge in [-0.15, -0.1) is 0 Å². The Morgan fingerprint density at radius 3 is 2.67 bits per heavy atom. The second-order valence-corrected chi connectivity index (χ2v) is 6.31. The molecule has 1 aliphatic rings. The molecule has 2 N–H and O–H groups in total. The highest BCUT2D eigenvalue weighted by Gasteiger charge is 2.23. The smallest absolute Gasteiger partial charge is 0.146 e. The number of aromatic nitrogens is 3. The van der Waals surface area contributed by atoms with Crippen LogP contribution in [-0.4, -0.2) is 39.1 Å². The number of fused-ring (bicyclic) bond motifs is 1. The summed E-state index contributed by atoms with van der Waals surface area (Å²) in [5, 5.41) is 1.02. The fourth-order valence-electron chi connectivity index (χ4n) is 3.49. The first kappa shape index (κ1) is 14.3. The predicted octanol–water partition coefficient (Wildman–Crippen LogP) is 2.42. The van der Waals surface area contributed by atoms with Crippen molar-refractivity contribution >= 4 is 16.9 Å². The standard InChI is InChI=1S/C16H25N5/c1-10-11(2)21(9-13-7-5-6-8-20(13)4)16-14(10)15(17)18-12(3)19-16/h13H,5-9H2,1-4H3,(H2,17,18,19). The molecule has 0 aromatic carbocycles. The van der Waals surface area contributed by atoms with Crippen LogP contribution in [0.4, 0.5) is 5.82 Å². The van der Waals surface area contributed by atoms with Crippen LogP contribution in [0.5, 0.6) is 0 Å². The van der Waals surface area contributed by atoms with E-state index in [0.29, 0.717) is 11.9 Å². The zero-order chi connectivity index (χ0) is 15.1. The van der Waals surface area contributed by atoms with Gasteiger partial charge in [-0.1, -0.05) is 6.42 Å². The number of likely N-dealkylation sites (N-methyl/N-ethyl adjacent to an activating group) is 1. The highest BCUT2D eigenvalue weighted by Crippen LogP contribution is 2.29. The minimum atomic E-state index is 0.587. The van der Waals surface area contributed by atoms with Crippen molar-refractivity contribution in [3.05, 3.63) is 17.1 Å². The third-order valence-electron chi connectivity index (χ3n) is 4.92. The number of piperidine rings is 1. The van der Waals surface area contributed by atoms with Crippen molar-refractivity contribution in [2.24, 2.45) is 0 Å². The van der Waals surface area contributed by atoms with Crippen LogP contribution in [0, 0.1) is 20.8 Å². The van der Waals surface area contributed by atoms with Gasteiger partial charge in [0.05, 0.1) is 5.39 Å². The first-order chi connectivity index (χ1) is 9.99. The van der Waals surface area contributed by atoms with E-state index in [2.05, 4.69) is 40.3 Å². The number of likely N-dealkylation sites (tertiary alicyclic amines) is 1. The third-order valence-corrected chi connectivity index (χ3v) is 4.92. The summed E-state index contributed by atoms with van der Waals surface area (Å²) in [5.74, 6) is 1.35. The van der Waals surface area contributed by atoms with E-state index in [-0.39, 0.29) is 0 Å². The maximum atomic E-state index is 6.13. The van der Waals surface area contributed by atoms with Crippen LogP contribution < -0.4 is 5.73 Å². The highest BCUT2D eigenvalue weighted by atomic mass is 15.2. The van der Waals surface area contributed by atoms with Crippen molar-refractivity contribution in [3.8, 4) is 0 Å². The van der Waals surface area contributed by atoms with Crippen LogP contribution in [-0.2, 0) is 6.54 Å². The van der Waals surface area contributed by atoms with Crippen LogP contribution in [0.1, 0.15) is 36.3 Å². The molecule has 114 valence electrons. The van der Waals surface area contributed by atoms with E-state index in [4.69, 9.17) is 5.73 Å². The van der Waals surface area contributed by atoms with Gasteiger partial charge < -0.3 is 15.2 Å². The summed E-state index contributed by atoms with van der Waals surface area (Å²) in [6.07, 6.45) is 3.89. The number of anilines is 1. The number of aryl methyl sites for hydroxylation is 2. The van der Waals surface area contributed by atoms with Gasteiger partial charge in [0.15, 0.2) is 0 Å². The van der Waals surface area contributed by atoms with E-state index in [1.807, 2.05) is 6.92 Å². The predicted molar refractivity (Wildman–Crippen MR) is 86.4 cm³/mol. The summed E-state index contributed by atoms with van der Waals surface area (Å²) < 4.78 is 2.34. The molecule has 0 aliphatic carbocycles. The first-order valence-electron chi connectivity index (χ1n) is 7.78. The average Bonchev–Trinajstić information content (AvgIpc) is 2.66. The monoisotopic (exact) mass is 287 g/mol. The Bertz CT molecular complexity index is 673. The summed E-state index contributed by atoms with van der Waals surface area (Å²) in [5.41, 5.74) is 9.59. The first-order valence-corrected chi connectivity index (χ1v) is 7.78. The number of hydrogen-bond acceptors (Lipinski definition) is 4. The molecule has 1 fully saturated rings. The molecule has 0 bridgehead atoms. The van der Waals surface area contributed by atoms with Crippen molar-refractivity contribution in [3.63, 3.8) is 0 Å². The molecule has 0 amide bonds. The SMILES string of the molecule is Cc1nc(N)c2c(C)c(C)n(CC3CCCCN3C)c2n1. The zero-order valence-electron chi connectivity index (χ0n) is 13.5. The molecule has 3 heterocycles. The Hall–Kier alpha value is -1.62. The van der Waals surface area contributed by atoms with Crippen LogP contribution in [0.3, 0.4) is 0 Å². The fourth-order valence-corrected chi connectivity index (χ4v) is 3.49. The molecule has 0 radical (unpaired) electrons. The molecule has 21 heavy (non-hydrogen) atoms. The molecule has 0 saturated carbocycles. The van der Waals surface area contributed by atoms with E-state index in [0.717, 1.165) is 23.4 Å². The Kier molecular flexibility index (Phi) is 3.61. The van der Waals surface area contributed by atoms with Crippen LogP contribution in [0.15, 0.2) is 0 Å². The van der Waals surface area contributed by atoms with Crippen molar-refractivity contribution in [1.29, 1.82) is 0 Å². The van der Waals surface area contributed by atoms with Crippen molar-refractivity contribution < 1.29 is 0 Å². The van der Waals surface area contributed by atoms with Gasteiger partial charge in [-0.05, 0) is 52.8 Å². The molecule has 5 nitrogen and oxygen atoms in total.